The molecule has 1 heterocycles. The van der Waals surface area contributed by atoms with E-state index < -0.39 is 0 Å². The maximum Gasteiger partial charge on any atom is 0.0640 e. The summed E-state index contributed by atoms with van der Waals surface area (Å²) >= 11 is 1.90. The van der Waals surface area contributed by atoms with Gasteiger partial charge in [0.1, 0.15) is 0 Å². The van der Waals surface area contributed by atoms with Crippen LogP contribution >= 0.6 is 11.3 Å². The lowest BCUT2D eigenvalue weighted by atomic mass is 9.96. The van der Waals surface area contributed by atoms with Gasteiger partial charge in [0.25, 0.3) is 0 Å². The third-order valence-electron chi connectivity index (χ3n) is 11.5. The van der Waals surface area contributed by atoms with Gasteiger partial charge in [-0.25, -0.2) is 0 Å². The fourth-order valence-electron chi connectivity index (χ4n) is 8.62. The zero-order valence-corrected chi connectivity index (χ0v) is 32.5. The van der Waals surface area contributed by atoms with E-state index in [9.17, 15) is 0 Å². The van der Waals surface area contributed by atoms with Crippen LogP contribution in [0.25, 0.3) is 86.2 Å². The van der Waals surface area contributed by atoms with Gasteiger partial charge in [0.2, 0.25) is 0 Å². The first kappa shape index (κ1) is 34.0. The van der Waals surface area contributed by atoms with Crippen LogP contribution in [0.15, 0.2) is 224 Å². The van der Waals surface area contributed by atoms with Crippen LogP contribution in [-0.4, -0.2) is 0 Å². The van der Waals surface area contributed by atoms with Crippen molar-refractivity contribution in [2.24, 2.45) is 0 Å². The third-order valence-corrected chi connectivity index (χ3v) is 12.7. The Labute approximate surface area is 342 Å². The number of fused-ring (bicyclic) bond motifs is 6. The number of benzene rings is 10. The molecule has 2 heteroatoms. The fourth-order valence-corrected chi connectivity index (χ4v) is 9.99. The minimum absolute atomic E-state index is 1.11. The maximum absolute atomic E-state index is 2.44. The third kappa shape index (κ3) is 5.94. The summed E-state index contributed by atoms with van der Waals surface area (Å²) in [6.45, 7) is 0. The standard InChI is InChI=1S/C56H37NS/c1-4-13-38(14-5-1)39-25-30-46(31-26-39)57(47-32-27-40(28-33-47)44-29-34-49-45(37-44)24-23-43-19-10-11-20-48(43)49)53-36-35-50(41-15-6-2-7-16-41)54-52-22-12-21-51(55(52)58-56(53)54)42-17-8-3-9-18-42/h1-37H. The van der Waals surface area contributed by atoms with Crippen molar-refractivity contribution in [3.8, 4) is 44.5 Å². The Kier molecular flexibility index (Phi) is 8.42. The molecule has 1 aromatic heterocycles. The lowest BCUT2D eigenvalue weighted by molar-refractivity contribution is 1.30. The minimum atomic E-state index is 1.11. The number of anilines is 3. The van der Waals surface area contributed by atoms with Gasteiger partial charge in [-0.1, -0.05) is 188 Å². The van der Waals surface area contributed by atoms with Gasteiger partial charge in [-0.05, 0) is 102 Å². The van der Waals surface area contributed by atoms with Crippen LogP contribution in [0.4, 0.5) is 17.1 Å². The van der Waals surface area contributed by atoms with Gasteiger partial charge in [0.05, 0.1) is 10.4 Å². The van der Waals surface area contributed by atoms with Crippen LogP contribution in [0.3, 0.4) is 0 Å². The topological polar surface area (TPSA) is 3.24 Å². The fraction of sp³-hybridized carbons (Fsp3) is 0. The molecule has 0 radical (unpaired) electrons. The molecule has 11 rings (SSSR count). The molecule has 10 aromatic carbocycles. The van der Waals surface area contributed by atoms with Crippen LogP contribution in [-0.2, 0) is 0 Å². The summed E-state index contributed by atoms with van der Waals surface area (Å²) in [6.07, 6.45) is 0. The van der Waals surface area contributed by atoms with Crippen LogP contribution in [0.1, 0.15) is 0 Å². The Bertz CT molecular complexity index is 3240. The first-order valence-electron chi connectivity index (χ1n) is 19.8. The average molecular weight is 756 g/mol. The summed E-state index contributed by atoms with van der Waals surface area (Å²) in [4.78, 5) is 2.44. The van der Waals surface area contributed by atoms with Gasteiger partial charge < -0.3 is 4.90 Å². The number of nitrogens with zero attached hydrogens (tertiary/aromatic N) is 1. The summed E-state index contributed by atoms with van der Waals surface area (Å²) in [5, 5.41) is 7.65. The lowest BCUT2D eigenvalue weighted by Gasteiger charge is -2.27. The van der Waals surface area contributed by atoms with Crippen molar-refractivity contribution in [1.82, 2.24) is 0 Å². The van der Waals surface area contributed by atoms with Crippen LogP contribution < -0.4 is 4.90 Å². The highest BCUT2D eigenvalue weighted by Crippen LogP contribution is 2.50. The van der Waals surface area contributed by atoms with Crippen molar-refractivity contribution in [3.63, 3.8) is 0 Å². The molecular formula is C56H37NS. The molecule has 58 heavy (non-hydrogen) atoms. The van der Waals surface area contributed by atoms with Crippen LogP contribution in [0, 0.1) is 0 Å². The van der Waals surface area contributed by atoms with Crippen molar-refractivity contribution < 1.29 is 0 Å². The number of hydrogen-bond acceptors (Lipinski definition) is 2. The second-order valence-corrected chi connectivity index (χ2v) is 15.9. The molecule has 0 bridgehead atoms. The molecule has 0 fully saturated rings. The molecule has 0 aliphatic carbocycles. The average Bonchev–Trinajstić information content (AvgIpc) is 3.71. The van der Waals surface area contributed by atoms with Crippen molar-refractivity contribution in [1.29, 1.82) is 0 Å². The number of thiophene rings is 1. The van der Waals surface area contributed by atoms with Gasteiger partial charge in [-0.15, -0.1) is 11.3 Å². The highest BCUT2D eigenvalue weighted by Gasteiger charge is 2.22. The predicted octanol–water partition coefficient (Wildman–Crippen LogP) is 16.5. The Balaban J connectivity index is 1.10. The van der Waals surface area contributed by atoms with Crippen LogP contribution in [0.5, 0.6) is 0 Å². The van der Waals surface area contributed by atoms with Gasteiger partial charge in [-0.2, -0.15) is 0 Å². The molecular weight excluding hydrogens is 719 g/mol. The highest BCUT2D eigenvalue weighted by atomic mass is 32.1. The quantitative estimate of drug-likeness (QED) is 0.146. The largest absolute Gasteiger partial charge is 0.309 e. The van der Waals surface area contributed by atoms with E-state index in [1.807, 2.05) is 11.3 Å². The molecule has 0 spiro atoms. The SMILES string of the molecule is c1ccc(-c2ccc(N(c3ccc(-c4ccc5c(ccc6ccccc65)c4)cc3)c3ccc(-c4ccccc4)c4c3sc3c(-c5ccccc5)cccc34)cc2)cc1. The molecule has 0 saturated carbocycles. The zero-order valence-electron chi connectivity index (χ0n) is 31.7. The van der Waals surface area contributed by atoms with Gasteiger partial charge in [0.15, 0.2) is 0 Å². The summed E-state index contributed by atoms with van der Waals surface area (Å²) in [5.74, 6) is 0. The normalized spacial score (nSPS) is 11.4. The number of hydrogen-bond donors (Lipinski definition) is 0. The molecule has 0 N–H and O–H groups in total. The summed E-state index contributed by atoms with van der Waals surface area (Å²) in [6, 6.07) is 81.8. The molecule has 0 amide bonds. The molecule has 272 valence electrons. The Morgan fingerprint density at radius 1 is 0.293 bits per heavy atom. The Hall–Kier alpha value is -7.26. The summed E-state index contributed by atoms with van der Waals surface area (Å²) < 4.78 is 2.56. The smallest absolute Gasteiger partial charge is 0.0640 e. The van der Waals surface area contributed by atoms with Gasteiger partial charge >= 0.3 is 0 Å². The Morgan fingerprint density at radius 2 is 0.810 bits per heavy atom. The maximum atomic E-state index is 2.44. The van der Waals surface area contributed by atoms with E-state index in [0.717, 1.165) is 17.1 Å². The van der Waals surface area contributed by atoms with E-state index in [4.69, 9.17) is 0 Å². The zero-order chi connectivity index (χ0) is 38.4. The monoisotopic (exact) mass is 755 g/mol. The molecule has 0 saturated heterocycles. The van der Waals surface area contributed by atoms with E-state index in [2.05, 4.69) is 229 Å². The van der Waals surface area contributed by atoms with E-state index in [1.54, 1.807) is 0 Å². The molecule has 1 nitrogen and oxygen atoms in total. The van der Waals surface area contributed by atoms with Crippen LogP contribution in [0.2, 0.25) is 0 Å². The van der Waals surface area contributed by atoms with E-state index in [-0.39, 0.29) is 0 Å². The first-order valence-corrected chi connectivity index (χ1v) is 20.7. The van der Waals surface area contributed by atoms with Gasteiger partial charge in [-0.3, -0.25) is 0 Å². The lowest BCUT2D eigenvalue weighted by Crippen LogP contribution is -2.10. The molecule has 0 atom stereocenters. The highest BCUT2D eigenvalue weighted by molar-refractivity contribution is 7.27. The second-order valence-electron chi connectivity index (χ2n) is 14.9. The van der Waals surface area contributed by atoms with Crippen molar-refractivity contribution in [2.45, 2.75) is 0 Å². The van der Waals surface area contributed by atoms with E-state index in [1.165, 1.54) is 86.2 Å². The van der Waals surface area contributed by atoms with Crippen molar-refractivity contribution in [3.05, 3.63) is 224 Å². The molecule has 11 aromatic rings. The molecule has 0 unspecified atom stereocenters. The summed E-state index contributed by atoms with van der Waals surface area (Å²) in [7, 11) is 0. The number of rotatable bonds is 7. The van der Waals surface area contributed by atoms with Crippen molar-refractivity contribution >= 4 is 70.1 Å². The van der Waals surface area contributed by atoms with E-state index in [0.29, 0.717) is 0 Å². The van der Waals surface area contributed by atoms with Gasteiger partial charge in [0, 0.05) is 26.8 Å². The van der Waals surface area contributed by atoms with Crippen molar-refractivity contribution in [2.75, 3.05) is 4.90 Å². The summed E-state index contributed by atoms with van der Waals surface area (Å²) in [5.41, 5.74) is 13.1. The first-order chi connectivity index (χ1) is 28.8. The minimum Gasteiger partial charge on any atom is -0.309 e. The molecule has 0 aliphatic heterocycles. The molecule has 0 aliphatic rings. The predicted molar refractivity (Wildman–Crippen MR) is 251 cm³/mol. The Morgan fingerprint density at radius 3 is 1.50 bits per heavy atom. The second kappa shape index (κ2) is 14.4. The van der Waals surface area contributed by atoms with E-state index >= 15 is 0 Å².